The fourth-order valence-electron chi connectivity index (χ4n) is 3.57. The summed E-state index contributed by atoms with van der Waals surface area (Å²) in [6.45, 7) is 2.68. The Bertz CT molecular complexity index is 1110. The van der Waals surface area contributed by atoms with Gasteiger partial charge < -0.3 is 15.0 Å². The van der Waals surface area contributed by atoms with Gasteiger partial charge in [0.15, 0.2) is 0 Å². The molecule has 1 aliphatic heterocycles. The van der Waals surface area contributed by atoms with E-state index in [-0.39, 0.29) is 12.3 Å². The highest BCUT2D eigenvalue weighted by Crippen LogP contribution is 2.32. The number of aliphatic hydroxyl groups excluding tert-OH is 1. The third-order valence-corrected chi connectivity index (χ3v) is 4.83. The Hall–Kier alpha value is -3.38. The third-order valence-electron chi connectivity index (χ3n) is 4.83. The van der Waals surface area contributed by atoms with Gasteiger partial charge in [-0.15, -0.1) is 0 Å². The lowest BCUT2D eigenvalue weighted by Crippen LogP contribution is -2.24. The van der Waals surface area contributed by atoms with E-state index in [0.717, 1.165) is 22.2 Å². The first-order valence-electron chi connectivity index (χ1n) is 9.21. The van der Waals surface area contributed by atoms with E-state index in [1.165, 1.54) is 0 Å². The van der Waals surface area contributed by atoms with Crippen molar-refractivity contribution in [1.82, 2.24) is 9.88 Å². The van der Waals surface area contributed by atoms with Gasteiger partial charge in [0.05, 0.1) is 5.57 Å². The van der Waals surface area contributed by atoms with E-state index in [1.807, 2.05) is 66.2 Å². The number of nitrogens with zero attached hydrogens (tertiary/aromatic N) is 1. The normalized spacial score (nSPS) is 14.1. The van der Waals surface area contributed by atoms with E-state index < -0.39 is 11.8 Å². The summed E-state index contributed by atoms with van der Waals surface area (Å²) in [6, 6.07) is 15.4. The van der Waals surface area contributed by atoms with Crippen molar-refractivity contribution < 1.29 is 14.7 Å². The number of carbonyl (C=O) groups is 2. The summed E-state index contributed by atoms with van der Waals surface area (Å²) in [4.78, 5) is 25.1. The number of nitrogens with one attached hydrogen (secondary N) is 2. The molecule has 3 aromatic rings. The maximum Gasteiger partial charge on any atom is 0.275 e. The summed E-state index contributed by atoms with van der Waals surface area (Å²) in [7, 11) is 0. The van der Waals surface area contributed by atoms with Crippen molar-refractivity contribution in [3.63, 3.8) is 0 Å². The molecular formula is C22H21N3O3. The standard InChI is InChI=1S/C22H21N3O3/c1-14-6-4-7-15(12-14)23-20-19(21(27)24-22(20)28)17-13-25(10-5-11-26)18-9-3-2-8-16(17)18/h2-4,6-9,12-13,26H,5,10-11H2,1H3,(H2,23,24,27,28). The molecule has 0 fully saturated rings. The number of aliphatic hydroxyl groups is 1. The van der Waals surface area contributed by atoms with Crippen LogP contribution >= 0.6 is 0 Å². The number of imide groups is 1. The minimum atomic E-state index is -0.436. The van der Waals surface area contributed by atoms with Crippen LogP contribution in [0.1, 0.15) is 17.5 Å². The molecule has 0 saturated carbocycles. The average molecular weight is 375 g/mol. The third kappa shape index (κ3) is 3.18. The molecule has 0 radical (unpaired) electrons. The minimum Gasteiger partial charge on any atom is -0.396 e. The number of hydrogen-bond acceptors (Lipinski definition) is 4. The van der Waals surface area contributed by atoms with Gasteiger partial charge in [-0.3, -0.25) is 14.9 Å². The van der Waals surface area contributed by atoms with Gasteiger partial charge in [0.2, 0.25) is 0 Å². The van der Waals surface area contributed by atoms with Crippen LogP contribution in [0.4, 0.5) is 5.69 Å². The SMILES string of the molecule is Cc1cccc(NC2=C(c3cn(CCCO)c4ccccc34)C(=O)NC2=O)c1. The van der Waals surface area contributed by atoms with Crippen LogP contribution in [-0.4, -0.2) is 28.1 Å². The number of para-hydroxylation sites is 1. The monoisotopic (exact) mass is 375 g/mol. The first kappa shape index (κ1) is 18.0. The Kier molecular flexibility index (Phi) is 4.71. The van der Waals surface area contributed by atoms with Gasteiger partial charge in [-0.2, -0.15) is 0 Å². The summed E-state index contributed by atoms with van der Waals surface area (Å²) >= 11 is 0. The predicted molar refractivity (Wildman–Crippen MR) is 109 cm³/mol. The van der Waals surface area contributed by atoms with Crippen molar-refractivity contribution in [2.45, 2.75) is 19.9 Å². The van der Waals surface area contributed by atoms with E-state index in [9.17, 15) is 14.7 Å². The van der Waals surface area contributed by atoms with Gasteiger partial charge in [0.1, 0.15) is 5.70 Å². The summed E-state index contributed by atoms with van der Waals surface area (Å²) in [5, 5.41) is 15.6. The van der Waals surface area contributed by atoms with Crippen LogP contribution in [0.15, 0.2) is 60.4 Å². The fourth-order valence-corrected chi connectivity index (χ4v) is 3.57. The lowest BCUT2D eigenvalue weighted by atomic mass is 10.0. The molecule has 0 saturated heterocycles. The molecule has 0 unspecified atom stereocenters. The molecule has 4 rings (SSSR count). The quantitative estimate of drug-likeness (QED) is 0.579. The van der Waals surface area contributed by atoms with Crippen LogP contribution in [0.3, 0.4) is 0 Å². The molecule has 28 heavy (non-hydrogen) atoms. The van der Waals surface area contributed by atoms with E-state index in [4.69, 9.17) is 0 Å². The summed E-state index contributed by atoms with van der Waals surface area (Å²) in [5.41, 5.74) is 4.05. The smallest absolute Gasteiger partial charge is 0.275 e. The number of benzene rings is 2. The van der Waals surface area contributed by atoms with Crippen LogP contribution in [-0.2, 0) is 16.1 Å². The minimum absolute atomic E-state index is 0.0870. The highest BCUT2D eigenvalue weighted by atomic mass is 16.3. The van der Waals surface area contributed by atoms with Crippen molar-refractivity contribution in [2.24, 2.45) is 0 Å². The molecule has 6 heteroatoms. The number of carbonyl (C=O) groups excluding carboxylic acids is 2. The maximum atomic E-state index is 12.6. The number of aryl methyl sites for hydroxylation is 2. The van der Waals surface area contributed by atoms with Crippen LogP contribution in [0, 0.1) is 6.92 Å². The van der Waals surface area contributed by atoms with Gasteiger partial charge in [-0.25, -0.2) is 0 Å². The Labute approximate surface area is 162 Å². The predicted octanol–water partition coefficient (Wildman–Crippen LogP) is 2.81. The molecule has 0 aliphatic carbocycles. The highest BCUT2D eigenvalue weighted by Gasteiger charge is 2.33. The molecular weight excluding hydrogens is 354 g/mol. The number of rotatable bonds is 6. The molecule has 1 aromatic heterocycles. The fraction of sp³-hybridized carbons (Fsp3) is 0.182. The molecule has 6 nitrogen and oxygen atoms in total. The molecule has 0 atom stereocenters. The lowest BCUT2D eigenvalue weighted by molar-refractivity contribution is -0.123. The van der Waals surface area contributed by atoms with E-state index >= 15 is 0 Å². The summed E-state index contributed by atoms with van der Waals surface area (Å²) in [6.07, 6.45) is 2.49. The Balaban J connectivity index is 1.86. The molecule has 3 N–H and O–H groups in total. The zero-order valence-electron chi connectivity index (χ0n) is 15.5. The first-order valence-corrected chi connectivity index (χ1v) is 9.21. The summed E-state index contributed by atoms with van der Waals surface area (Å²) in [5.74, 6) is -0.848. The van der Waals surface area contributed by atoms with Gasteiger partial charge in [-0.05, 0) is 37.1 Å². The first-order chi connectivity index (χ1) is 13.6. The second-order valence-corrected chi connectivity index (χ2v) is 6.86. The van der Waals surface area contributed by atoms with Crippen LogP contribution < -0.4 is 10.6 Å². The maximum absolute atomic E-state index is 12.6. The molecule has 142 valence electrons. The number of anilines is 1. The molecule has 1 aliphatic rings. The number of amides is 2. The number of fused-ring (bicyclic) bond motifs is 1. The average Bonchev–Trinajstić information content (AvgIpc) is 3.17. The van der Waals surface area contributed by atoms with Gasteiger partial charge in [-0.1, -0.05) is 30.3 Å². The molecule has 2 heterocycles. The van der Waals surface area contributed by atoms with E-state index in [1.54, 1.807) is 0 Å². The zero-order valence-corrected chi connectivity index (χ0v) is 15.5. The van der Waals surface area contributed by atoms with Gasteiger partial charge in [0, 0.05) is 41.5 Å². The van der Waals surface area contributed by atoms with E-state index in [2.05, 4.69) is 10.6 Å². The Morgan fingerprint density at radius 2 is 1.89 bits per heavy atom. The molecule has 2 amide bonds. The van der Waals surface area contributed by atoms with Crippen molar-refractivity contribution in [3.05, 3.63) is 71.6 Å². The van der Waals surface area contributed by atoms with Crippen LogP contribution in [0.5, 0.6) is 0 Å². The number of aromatic nitrogens is 1. The molecule has 2 aromatic carbocycles. The Morgan fingerprint density at radius 1 is 1.07 bits per heavy atom. The lowest BCUT2D eigenvalue weighted by Gasteiger charge is -2.08. The highest BCUT2D eigenvalue weighted by molar-refractivity contribution is 6.38. The van der Waals surface area contributed by atoms with Gasteiger partial charge >= 0.3 is 0 Å². The topological polar surface area (TPSA) is 83.4 Å². The summed E-state index contributed by atoms with van der Waals surface area (Å²) < 4.78 is 2.01. The van der Waals surface area contributed by atoms with Crippen LogP contribution in [0.25, 0.3) is 16.5 Å². The Morgan fingerprint density at radius 3 is 2.68 bits per heavy atom. The van der Waals surface area contributed by atoms with Crippen molar-refractivity contribution in [2.75, 3.05) is 11.9 Å². The van der Waals surface area contributed by atoms with E-state index in [0.29, 0.717) is 24.1 Å². The molecule has 0 spiro atoms. The van der Waals surface area contributed by atoms with Crippen molar-refractivity contribution in [1.29, 1.82) is 0 Å². The zero-order chi connectivity index (χ0) is 19.7. The second kappa shape index (κ2) is 7.32. The van der Waals surface area contributed by atoms with Crippen molar-refractivity contribution in [3.8, 4) is 0 Å². The number of hydrogen-bond donors (Lipinski definition) is 3. The largest absolute Gasteiger partial charge is 0.396 e. The van der Waals surface area contributed by atoms with Crippen molar-refractivity contribution >= 4 is 34.0 Å². The second-order valence-electron chi connectivity index (χ2n) is 6.86. The van der Waals surface area contributed by atoms with Crippen LogP contribution in [0.2, 0.25) is 0 Å². The van der Waals surface area contributed by atoms with Gasteiger partial charge in [0.25, 0.3) is 11.8 Å². The molecule has 0 bridgehead atoms.